The standard InChI is InChI=1S/C18H27O/c1-6-8-9-16-10-17(15(5)7-2)12-18(11-16)19-13-14(3)4/h7,10-12,14H,2,6,8-9,13H2,1,3-5H3. The van der Waals surface area contributed by atoms with Crippen molar-refractivity contribution in [1.29, 1.82) is 0 Å². The van der Waals surface area contributed by atoms with Gasteiger partial charge in [0.25, 0.3) is 0 Å². The van der Waals surface area contributed by atoms with Crippen molar-refractivity contribution < 1.29 is 4.74 Å². The molecule has 0 aromatic heterocycles. The fourth-order valence-corrected chi connectivity index (χ4v) is 1.88. The molecular formula is C18H27O. The molecule has 19 heavy (non-hydrogen) atoms. The van der Waals surface area contributed by atoms with Gasteiger partial charge in [0.1, 0.15) is 5.75 Å². The summed E-state index contributed by atoms with van der Waals surface area (Å²) in [5.74, 6) is 2.73. The van der Waals surface area contributed by atoms with Gasteiger partial charge >= 0.3 is 0 Å². The molecule has 0 aliphatic rings. The first-order valence-corrected chi connectivity index (χ1v) is 7.30. The summed E-state index contributed by atoms with van der Waals surface area (Å²) in [5.41, 5.74) is 2.58. The number of aryl methyl sites for hydroxylation is 1. The Morgan fingerprint density at radius 1 is 1.32 bits per heavy atom. The minimum Gasteiger partial charge on any atom is -0.493 e. The highest BCUT2D eigenvalue weighted by molar-refractivity contribution is 5.43. The van der Waals surface area contributed by atoms with Crippen LogP contribution in [-0.4, -0.2) is 6.61 Å². The van der Waals surface area contributed by atoms with Gasteiger partial charge in [-0.2, -0.15) is 0 Å². The van der Waals surface area contributed by atoms with Crippen molar-refractivity contribution >= 4 is 0 Å². The van der Waals surface area contributed by atoms with Crippen LogP contribution in [0.5, 0.6) is 5.75 Å². The van der Waals surface area contributed by atoms with Crippen LogP contribution in [0.15, 0.2) is 30.9 Å². The number of hydrogen-bond acceptors (Lipinski definition) is 1. The van der Waals surface area contributed by atoms with Gasteiger partial charge in [-0.25, -0.2) is 0 Å². The van der Waals surface area contributed by atoms with Crippen molar-refractivity contribution in [2.45, 2.75) is 47.0 Å². The molecule has 0 saturated heterocycles. The van der Waals surface area contributed by atoms with Crippen LogP contribution in [0.3, 0.4) is 0 Å². The Morgan fingerprint density at radius 3 is 2.63 bits per heavy atom. The van der Waals surface area contributed by atoms with E-state index in [9.17, 15) is 0 Å². The summed E-state index contributed by atoms with van der Waals surface area (Å²) >= 11 is 0. The van der Waals surface area contributed by atoms with Gasteiger partial charge in [0.05, 0.1) is 6.61 Å². The van der Waals surface area contributed by atoms with E-state index in [1.165, 1.54) is 29.9 Å². The summed E-state index contributed by atoms with van der Waals surface area (Å²) < 4.78 is 5.88. The molecule has 0 fully saturated rings. The molecule has 105 valence electrons. The van der Waals surface area contributed by atoms with Crippen LogP contribution < -0.4 is 4.74 Å². The van der Waals surface area contributed by atoms with E-state index in [0.717, 1.165) is 18.8 Å². The Balaban J connectivity index is 2.91. The maximum atomic E-state index is 5.88. The van der Waals surface area contributed by atoms with Gasteiger partial charge in [0.2, 0.25) is 0 Å². The second kappa shape index (κ2) is 8.04. The summed E-state index contributed by atoms with van der Waals surface area (Å²) in [5, 5.41) is 0. The Kier molecular flexibility index (Phi) is 6.69. The molecule has 1 nitrogen and oxygen atoms in total. The Hall–Kier alpha value is -1.24. The third-order valence-electron chi connectivity index (χ3n) is 3.13. The van der Waals surface area contributed by atoms with Crippen LogP contribution >= 0.6 is 0 Å². The molecule has 0 atom stereocenters. The largest absolute Gasteiger partial charge is 0.493 e. The van der Waals surface area contributed by atoms with E-state index in [4.69, 9.17) is 4.74 Å². The minimum atomic E-state index is 0.548. The summed E-state index contributed by atoms with van der Waals surface area (Å²) in [6.07, 6.45) is 5.47. The first-order valence-electron chi connectivity index (χ1n) is 7.30. The Bertz CT molecular complexity index is 393. The van der Waals surface area contributed by atoms with Gasteiger partial charge in [-0.15, -0.1) is 6.58 Å². The van der Waals surface area contributed by atoms with Gasteiger partial charge in [-0.05, 0) is 42.0 Å². The molecule has 1 radical (unpaired) electrons. The maximum absolute atomic E-state index is 5.88. The Morgan fingerprint density at radius 2 is 2.05 bits per heavy atom. The van der Waals surface area contributed by atoms with Crippen LogP contribution in [-0.2, 0) is 6.42 Å². The van der Waals surface area contributed by atoms with Crippen LogP contribution in [0.4, 0.5) is 0 Å². The molecule has 0 spiro atoms. The van der Waals surface area contributed by atoms with E-state index >= 15 is 0 Å². The molecule has 0 aliphatic heterocycles. The number of ether oxygens (including phenoxy) is 1. The van der Waals surface area contributed by atoms with Crippen molar-refractivity contribution in [3.05, 3.63) is 47.9 Å². The van der Waals surface area contributed by atoms with E-state index in [2.05, 4.69) is 52.5 Å². The third kappa shape index (κ3) is 5.50. The molecular weight excluding hydrogens is 232 g/mol. The summed E-state index contributed by atoms with van der Waals surface area (Å²) in [4.78, 5) is 0. The fourth-order valence-electron chi connectivity index (χ4n) is 1.88. The predicted octanol–water partition coefficient (Wildman–Crippen LogP) is 5.19. The smallest absolute Gasteiger partial charge is 0.119 e. The summed E-state index contributed by atoms with van der Waals surface area (Å²) in [6, 6.07) is 6.56. The number of hydrogen-bond donors (Lipinski definition) is 0. The number of rotatable bonds is 8. The van der Waals surface area contributed by atoms with E-state index in [1.54, 1.807) is 0 Å². The average Bonchev–Trinajstić information content (AvgIpc) is 2.41. The SMILES string of the molecule is C=C[C](C)c1cc(CCCC)cc(OCC(C)C)c1. The average molecular weight is 259 g/mol. The predicted molar refractivity (Wildman–Crippen MR) is 83.6 cm³/mol. The molecule has 1 rings (SSSR count). The first kappa shape index (κ1) is 15.8. The lowest BCUT2D eigenvalue weighted by Gasteiger charge is -2.14. The van der Waals surface area contributed by atoms with Gasteiger partial charge < -0.3 is 4.74 Å². The summed E-state index contributed by atoms with van der Waals surface area (Å²) in [6.45, 7) is 13.3. The van der Waals surface area contributed by atoms with Gasteiger partial charge in [-0.3, -0.25) is 0 Å². The first-order chi connectivity index (χ1) is 9.06. The molecule has 1 heteroatoms. The second-order valence-electron chi connectivity index (χ2n) is 5.56. The van der Waals surface area contributed by atoms with Gasteiger partial charge in [-0.1, -0.05) is 46.3 Å². The van der Waals surface area contributed by atoms with Crippen molar-refractivity contribution in [2.24, 2.45) is 5.92 Å². The third-order valence-corrected chi connectivity index (χ3v) is 3.13. The topological polar surface area (TPSA) is 9.23 Å². The van der Waals surface area contributed by atoms with Crippen molar-refractivity contribution in [3.63, 3.8) is 0 Å². The lowest BCUT2D eigenvalue weighted by atomic mass is 9.97. The number of allylic oxidation sites excluding steroid dienone is 1. The molecule has 0 unspecified atom stereocenters. The summed E-state index contributed by atoms with van der Waals surface area (Å²) in [7, 11) is 0. The molecule has 0 N–H and O–H groups in total. The monoisotopic (exact) mass is 259 g/mol. The highest BCUT2D eigenvalue weighted by atomic mass is 16.5. The zero-order valence-corrected chi connectivity index (χ0v) is 12.8. The van der Waals surface area contributed by atoms with E-state index in [0.29, 0.717) is 5.92 Å². The quantitative estimate of drug-likeness (QED) is 0.624. The van der Waals surface area contributed by atoms with Gasteiger partial charge in [0, 0.05) is 5.92 Å². The number of unbranched alkanes of at least 4 members (excludes halogenated alkanes) is 1. The fraction of sp³-hybridized carbons (Fsp3) is 0.500. The zero-order chi connectivity index (χ0) is 14.3. The highest BCUT2D eigenvalue weighted by Crippen LogP contribution is 2.25. The highest BCUT2D eigenvalue weighted by Gasteiger charge is 2.07. The molecule has 0 heterocycles. The van der Waals surface area contributed by atoms with E-state index in [1.807, 2.05) is 6.08 Å². The van der Waals surface area contributed by atoms with Gasteiger partial charge in [0.15, 0.2) is 0 Å². The lowest BCUT2D eigenvalue weighted by Crippen LogP contribution is -2.05. The van der Waals surface area contributed by atoms with Crippen LogP contribution in [0.25, 0.3) is 0 Å². The minimum absolute atomic E-state index is 0.548. The van der Waals surface area contributed by atoms with E-state index in [-0.39, 0.29) is 0 Å². The van der Waals surface area contributed by atoms with Crippen molar-refractivity contribution in [2.75, 3.05) is 6.61 Å². The van der Waals surface area contributed by atoms with Crippen LogP contribution in [0.1, 0.15) is 51.7 Å². The zero-order valence-electron chi connectivity index (χ0n) is 12.8. The molecule has 0 aliphatic carbocycles. The molecule has 0 amide bonds. The maximum Gasteiger partial charge on any atom is 0.119 e. The lowest BCUT2D eigenvalue weighted by molar-refractivity contribution is 0.270. The second-order valence-corrected chi connectivity index (χ2v) is 5.56. The molecule has 1 aromatic carbocycles. The molecule has 0 saturated carbocycles. The molecule has 0 bridgehead atoms. The number of benzene rings is 1. The van der Waals surface area contributed by atoms with Crippen LogP contribution in [0, 0.1) is 11.8 Å². The van der Waals surface area contributed by atoms with E-state index < -0.39 is 0 Å². The Labute approximate surface area is 118 Å². The van der Waals surface area contributed by atoms with Crippen molar-refractivity contribution in [3.8, 4) is 5.75 Å². The van der Waals surface area contributed by atoms with Crippen LogP contribution in [0.2, 0.25) is 0 Å². The van der Waals surface area contributed by atoms with Crippen molar-refractivity contribution in [1.82, 2.24) is 0 Å². The molecule has 1 aromatic rings. The normalized spacial score (nSPS) is 11.1.